The van der Waals surface area contributed by atoms with Crippen LogP contribution < -0.4 is 5.32 Å². The third kappa shape index (κ3) is 3.01. The minimum absolute atomic E-state index is 0.715. The molecule has 148 valence electrons. The Kier molecular flexibility index (Phi) is 4.13. The van der Waals surface area contributed by atoms with E-state index in [1.807, 2.05) is 18.5 Å². The summed E-state index contributed by atoms with van der Waals surface area (Å²) >= 11 is 0. The van der Waals surface area contributed by atoms with Crippen molar-refractivity contribution in [1.82, 2.24) is 14.4 Å². The van der Waals surface area contributed by atoms with E-state index in [1.165, 1.54) is 27.1 Å². The second-order valence-corrected chi connectivity index (χ2v) is 7.65. The van der Waals surface area contributed by atoms with Gasteiger partial charge >= 0.3 is 0 Å². The lowest BCUT2D eigenvalue weighted by Crippen LogP contribution is -2.03. The van der Waals surface area contributed by atoms with Gasteiger partial charge in [-0.2, -0.15) is 0 Å². The van der Waals surface area contributed by atoms with Crippen molar-refractivity contribution in [1.29, 1.82) is 0 Å². The Labute approximate surface area is 179 Å². The van der Waals surface area contributed by atoms with Gasteiger partial charge in [-0.25, -0.2) is 4.98 Å². The number of hydrogen-bond acceptors (Lipinski definition) is 3. The van der Waals surface area contributed by atoms with Crippen LogP contribution in [0.4, 0.5) is 5.82 Å². The molecule has 0 aliphatic rings. The number of nitrogens with one attached hydrogen (secondary N) is 1. The van der Waals surface area contributed by atoms with E-state index in [-0.39, 0.29) is 0 Å². The fraction of sp³-hybridized carbons (Fsp3) is 0.0370. The number of imidazole rings is 1. The van der Waals surface area contributed by atoms with Crippen molar-refractivity contribution in [2.45, 2.75) is 6.54 Å². The number of rotatable bonds is 4. The number of hydrogen-bond donors (Lipinski definition) is 1. The van der Waals surface area contributed by atoms with E-state index in [0.29, 0.717) is 6.54 Å². The quantitative estimate of drug-likeness (QED) is 0.352. The van der Waals surface area contributed by atoms with Gasteiger partial charge in [0.15, 0.2) is 5.65 Å². The molecule has 4 nitrogen and oxygen atoms in total. The van der Waals surface area contributed by atoms with Crippen molar-refractivity contribution < 1.29 is 0 Å². The molecule has 4 aromatic carbocycles. The van der Waals surface area contributed by atoms with Crippen LogP contribution >= 0.6 is 0 Å². The Morgan fingerprint density at radius 2 is 1.45 bits per heavy atom. The highest BCUT2D eigenvalue weighted by molar-refractivity contribution is 6.13. The largest absolute Gasteiger partial charge is 0.365 e. The molecule has 0 unspecified atom stereocenters. The average Bonchev–Trinajstić information content (AvgIpc) is 3.20. The SMILES string of the molecule is c1ccc(CNc2c(-c3c4ccccc4cc4ccccc34)nc3cnccn23)cc1. The van der Waals surface area contributed by atoms with Gasteiger partial charge in [0, 0.05) is 24.5 Å². The Morgan fingerprint density at radius 3 is 2.19 bits per heavy atom. The summed E-state index contributed by atoms with van der Waals surface area (Å²) in [6, 6.07) is 29.7. The van der Waals surface area contributed by atoms with Crippen molar-refractivity contribution >= 4 is 33.0 Å². The summed E-state index contributed by atoms with van der Waals surface area (Å²) in [7, 11) is 0. The molecule has 6 rings (SSSR count). The summed E-state index contributed by atoms with van der Waals surface area (Å²) in [6.45, 7) is 0.715. The number of nitrogens with zero attached hydrogens (tertiary/aromatic N) is 3. The smallest absolute Gasteiger partial charge is 0.157 e. The molecule has 2 aromatic heterocycles. The fourth-order valence-electron chi connectivity index (χ4n) is 4.30. The summed E-state index contributed by atoms with van der Waals surface area (Å²) < 4.78 is 2.09. The van der Waals surface area contributed by atoms with Gasteiger partial charge in [0.1, 0.15) is 11.5 Å². The van der Waals surface area contributed by atoms with Gasteiger partial charge in [0.2, 0.25) is 0 Å². The van der Waals surface area contributed by atoms with E-state index in [9.17, 15) is 0 Å². The summed E-state index contributed by atoms with van der Waals surface area (Å²) in [6.07, 6.45) is 5.57. The van der Waals surface area contributed by atoms with Gasteiger partial charge in [-0.1, -0.05) is 78.9 Å². The Balaban J connectivity index is 1.63. The molecule has 0 aliphatic heterocycles. The second-order valence-electron chi connectivity index (χ2n) is 7.65. The fourth-order valence-corrected chi connectivity index (χ4v) is 4.30. The predicted molar refractivity (Wildman–Crippen MR) is 127 cm³/mol. The molecule has 0 bridgehead atoms. The van der Waals surface area contributed by atoms with Crippen LogP contribution in [0.5, 0.6) is 0 Å². The lowest BCUT2D eigenvalue weighted by Gasteiger charge is -2.13. The van der Waals surface area contributed by atoms with Crippen LogP contribution in [0.3, 0.4) is 0 Å². The van der Waals surface area contributed by atoms with Crippen LogP contribution in [0.2, 0.25) is 0 Å². The van der Waals surface area contributed by atoms with Crippen molar-refractivity contribution in [2.24, 2.45) is 0 Å². The van der Waals surface area contributed by atoms with Crippen LogP contribution in [-0.2, 0) is 6.54 Å². The van der Waals surface area contributed by atoms with Crippen LogP contribution in [0, 0.1) is 0 Å². The van der Waals surface area contributed by atoms with Crippen LogP contribution in [0.25, 0.3) is 38.4 Å². The van der Waals surface area contributed by atoms with Gasteiger partial charge in [0.25, 0.3) is 0 Å². The van der Waals surface area contributed by atoms with Crippen molar-refractivity contribution in [3.8, 4) is 11.3 Å². The first-order valence-corrected chi connectivity index (χ1v) is 10.4. The maximum absolute atomic E-state index is 5.03. The molecule has 0 atom stereocenters. The van der Waals surface area contributed by atoms with Gasteiger partial charge in [-0.15, -0.1) is 0 Å². The number of fused-ring (bicyclic) bond motifs is 3. The molecule has 0 radical (unpaired) electrons. The summed E-state index contributed by atoms with van der Waals surface area (Å²) in [5.74, 6) is 0.975. The van der Waals surface area contributed by atoms with Crippen molar-refractivity contribution in [2.75, 3.05) is 5.32 Å². The second kappa shape index (κ2) is 7.26. The van der Waals surface area contributed by atoms with E-state index in [1.54, 1.807) is 6.20 Å². The molecule has 2 heterocycles. The molecule has 4 heteroatoms. The first-order chi connectivity index (χ1) is 15.4. The molecule has 6 aromatic rings. The molecule has 0 saturated heterocycles. The van der Waals surface area contributed by atoms with Crippen LogP contribution in [-0.4, -0.2) is 14.4 Å². The molecule has 0 saturated carbocycles. The lowest BCUT2D eigenvalue weighted by atomic mass is 9.95. The number of anilines is 1. The summed E-state index contributed by atoms with van der Waals surface area (Å²) in [5.41, 5.74) is 4.13. The van der Waals surface area contributed by atoms with Gasteiger partial charge in [-0.3, -0.25) is 9.38 Å². The number of aromatic nitrogens is 3. The Morgan fingerprint density at radius 1 is 0.774 bits per heavy atom. The van der Waals surface area contributed by atoms with Gasteiger partial charge in [-0.05, 0) is 33.2 Å². The van der Waals surface area contributed by atoms with Crippen LogP contribution in [0.15, 0.2) is 104 Å². The topological polar surface area (TPSA) is 42.2 Å². The molecular formula is C27H20N4. The third-order valence-electron chi connectivity index (χ3n) is 5.74. The first kappa shape index (κ1) is 17.7. The van der Waals surface area contributed by atoms with Crippen LogP contribution in [0.1, 0.15) is 5.56 Å². The zero-order valence-electron chi connectivity index (χ0n) is 16.9. The van der Waals surface area contributed by atoms with E-state index in [0.717, 1.165) is 22.7 Å². The maximum Gasteiger partial charge on any atom is 0.157 e. The first-order valence-electron chi connectivity index (χ1n) is 10.4. The van der Waals surface area contributed by atoms with Gasteiger partial charge in [0.05, 0.1) is 6.20 Å². The molecule has 0 aliphatic carbocycles. The van der Waals surface area contributed by atoms with Crippen molar-refractivity contribution in [3.05, 3.63) is 109 Å². The number of benzene rings is 4. The molecular weight excluding hydrogens is 380 g/mol. The minimum atomic E-state index is 0.715. The summed E-state index contributed by atoms with van der Waals surface area (Å²) in [5, 5.41) is 8.46. The standard InChI is InChI=1S/C27H20N4/c1-2-8-19(9-3-1)17-29-27-26(30-24-18-28-14-15-31(24)27)25-22-12-6-4-10-20(22)16-21-11-5-7-13-23(21)25/h1-16,18,29H,17H2. The monoisotopic (exact) mass is 400 g/mol. The third-order valence-corrected chi connectivity index (χ3v) is 5.74. The maximum atomic E-state index is 5.03. The zero-order valence-corrected chi connectivity index (χ0v) is 16.9. The molecule has 0 spiro atoms. The lowest BCUT2D eigenvalue weighted by molar-refractivity contribution is 1.07. The minimum Gasteiger partial charge on any atom is -0.365 e. The highest BCUT2D eigenvalue weighted by Crippen LogP contribution is 2.39. The highest BCUT2D eigenvalue weighted by Gasteiger charge is 2.19. The van der Waals surface area contributed by atoms with Gasteiger partial charge < -0.3 is 5.32 Å². The normalized spacial score (nSPS) is 11.4. The predicted octanol–water partition coefficient (Wildman–Crippen LogP) is 6.31. The summed E-state index contributed by atoms with van der Waals surface area (Å²) in [4.78, 5) is 9.33. The molecule has 31 heavy (non-hydrogen) atoms. The molecule has 0 fully saturated rings. The average molecular weight is 400 g/mol. The zero-order chi connectivity index (χ0) is 20.6. The molecule has 1 N–H and O–H groups in total. The Hall–Kier alpha value is -4.18. The van der Waals surface area contributed by atoms with E-state index >= 15 is 0 Å². The molecule has 0 amide bonds. The Bertz CT molecular complexity index is 1480. The van der Waals surface area contributed by atoms with Crippen molar-refractivity contribution in [3.63, 3.8) is 0 Å². The van der Waals surface area contributed by atoms with E-state index in [2.05, 4.69) is 93.6 Å². The highest BCUT2D eigenvalue weighted by atomic mass is 15.1. The van der Waals surface area contributed by atoms with E-state index < -0.39 is 0 Å². The van der Waals surface area contributed by atoms with E-state index in [4.69, 9.17) is 4.98 Å².